The van der Waals surface area contributed by atoms with Crippen LogP contribution < -0.4 is 25.5 Å². The van der Waals surface area contributed by atoms with Crippen LogP contribution in [0.4, 0.5) is 11.4 Å². The van der Waals surface area contributed by atoms with E-state index in [1.54, 1.807) is 30.3 Å². The highest BCUT2D eigenvalue weighted by molar-refractivity contribution is 6.39. The summed E-state index contributed by atoms with van der Waals surface area (Å²) in [6.45, 7) is 7.44. The number of hydrazone groups is 1. The highest BCUT2D eigenvalue weighted by Gasteiger charge is 2.14. The van der Waals surface area contributed by atoms with E-state index in [-0.39, 0.29) is 12.5 Å². The third-order valence-electron chi connectivity index (χ3n) is 5.65. The molecule has 9 nitrogen and oxygen atoms in total. The lowest BCUT2D eigenvalue weighted by Gasteiger charge is -2.12. The van der Waals surface area contributed by atoms with Crippen LogP contribution in [0.3, 0.4) is 0 Å². The first-order valence-electron chi connectivity index (χ1n) is 11.6. The van der Waals surface area contributed by atoms with Crippen LogP contribution in [0, 0.1) is 27.7 Å². The first kappa shape index (κ1) is 26.9. The van der Waals surface area contributed by atoms with Crippen LogP contribution in [0.15, 0.2) is 59.7 Å². The average Bonchev–Trinajstić information content (AvgIpc) is 2.87. The zero-order chi connectivity index (χ0) is 26.9. The van der Waals surface area contributed by atoms with Crippen LogP contribution in [0.2, 0.25) is 0 Å². The molecule has 3 aromatic carbocycles. The molecule has 0 aromatic heterocycles. The van der Waals surface area contributed by atoms with E-state index < -0.39 is 11.8 Å². The van der Waals surface area contributed by atoms with Crippen molar-refractivity contribution in [1.29, 1.82) is 0 Å². The quantitative estimate of drug-likeness (QED) is 0.244. The Balaban J connectivity index is 1.55. The highest BCUT2D eigenvalue weighted by Crippen LogP contribution is 2.27. The number of methoxy groups -OCH3 is 1. The molecule has 0 heterocycles. The lowest BCUT2D eigenvalue weighted by Crippen LogP contribution is -2.32. The molecule has 0 aliphatic heterocycles. The van der Waals surface area contributed by atoms with Gasteiger partial charge in [-0.2, -0.15) is 5.10 Å². The van der Waals surface area contributed by atoms with E-state index in [1.165, 1.54) is 13.3 Å². The minimum atomic E-state index is -0.904. The molecule has 3 N–H and O–H groups in total. The summed E-state index contributed by atoms with van der Waals surface area (Å²) in [6.07, 6.45) is 1.36. The Kier molecular flexibility index (Phi) is 8.99. The molecule has 0 spiro atoms. The second kappa shape index (κ2) is 12.3. The van der Waals surface area contributed by atoms with Crippen molar-refractivity contribution in [2.45, 2.75) is 27.7 Å². The number of amides is 3. The summed E-state index contributed by atoms with van der Waals surface area (Å²) in [5.74, 6) is -1.29. The smallest absolute Gasteiger partial charge is 0.329 e. The third-order valence-corrected chi connectivity index (χ3v) is 5.65. The van der Waals surface area contributed by atoms with Gasteiger partial charge < -0.3 is 20.1 Å². The van der Waals surface area contributed by atoms with Crippen molar-refractivity contribution in [3.63, 3.8) is 0 Å². The minimum absolute atomic E-state index is 0.206. The largest absolute Gasteiger partial charge is 0.493 e. The zero-order valence-electron chi connectivity index (χ0n) is 21.5. The van der Waals surface area contributed by atoms with E-state index in [2.05, 4.69) is 21.2 Å². The van der Waals surface area contributed by atoms with Crippen molar-refractivity contribution in [3.8, 4) is 11.5 Å². The molecule has 0 radical (unpaired) electrons. The molecule has 0 bridgehead atoms. The number of carbonyl (C=O) groups excluding carboxylic acids is 3. The third kappa shape index (κ3) is 7.41. The van der Waals surface area contributed by atoms with Gasteiger partial charge in [-0.1, -0.05) is 24.3 Å². The van der Waals surface area contributed by atoms with Crippen LogP contribution in [-0.4, -0.2) is 37.7 Å². The van der Waals surface area contributed by atoms with Crippen molar-refractivity contribution in [2.75, 3.05) is 24.4 Å². The highest BCUT2D eigenvalue weighted by atomic mass is 16.5. The van der Waals surface area contributed by atoms with Crippen molar-refractivity contribution in [2.24, 2.45) is 5.10 Å². The lowest BCUT2D eigenvalue weighted by molar-refractivity contribution is -0.136. The Morgan fingerprint density at radius 3 is 2.38 bits per heavy atom. The normalized spacial score (nSPS) is 10.6. The summed E-state index contributed by atoms with van der Waals surface area (Å²) in [5.41, 5.74) is 7.95. The molecular formula is C28H30N4O5. The summed E-state index contributed by atoms with van der Waals surface area (Å²) in [7, 11) is 1.47. The molecule has 0 aliphatic carbocycles. The fourth-order valence-corrected chi connectivity index (χ4v) is 3.37. The molecule has 0 aliphatic rings. The lowest BCUT2D eigenvalue weighted by atomic mass is 10.1. The van der Waals surface area contributed by atoms with Crippen LogP contribution in [-0.2, 0) is 14.4 Å². The summed E-state index contributed by atoms with van der Waals surface area (Å²) < 4.78 is 11.0. The monoisotopic (exact) mass is 502 g/mol. The molecule has 37 heavy (non-hydrogen) atoms. The SMILES string of the molecule is COc1cc(/C=N\NC(=O)C(=O)Nc2cccc(C)c2C)ccc1OCC(=O)Nc1cc(C)ccc1C. The molecule has 3 rings (SSSR count). The molecule has 9 heteroatoms. The Morgan fingerprint density at radius 2 is 1.62 bits per heavy atom. The van der Waals surface area contributed by atoms with Crippen LogP contribution >= 0.6 is 0 Å². The molecule has 0 atom stereocenters. The van der Waals surface area contributed by atoms with Crippen LogP contribution in [0.1, 0.15) is 27.8 Å². The molecule has 0 unspecified atom stereocenters. The maximum absolute atomic E-state index is 12.4. The number of ether oxygens (including phenoxy) is 2. The van der Waals surface area contributed by atoms with E-state index in [0.717, 1.165) is 27.9 Å². The number of nitrogens with one attached hydrogen (secondary N) is 3. The molecular weight excluding hydrogens is 472 g/mol. The van der Waals surface area contributed by atoms with Gasteiger partial charge in [0.15, 0.2) is 18.1 Å². The molecule has 192 valence electrons. The predicted octanol–water partition coefficient (Wildman–Crippen LogP) is 4.04. The van der Waals surface area contributed by atoms with Gasteiger partial charge in [0.2, 0.25) is 0 Å². The molecule has 3 aromatic rings. The Bertz CT molecular complexity index is 1350. The fraction of sp³-hybridized carbons (Fsp3) is 0.214. The number of anilines is 2. The van der Waals surface area contributed by atoms with E-state index in [9.17, 15) is 14.4 Å². The van der Waals surface area contributed by atoms with Gasteiger partial charge in [-0.3, -0.25) is 14.4 Å². The number of nitrogens with zero attached hydrogens (tertiary/aromatic N) is 1. The van der Waals surface area contributed by atoms with Gasteiger partial charge in [0.25, 0.3) is 5.91 Å². The number of aryl methyl sites for hydroxylation is 3. The van der Waals surface area contributed by atoms with Gasteiger partial charge in [-0.15, -0.1) is 0 Å². The molecule has 0 fully saturated rings. The van der Waals surface area contributed by atoms with Crippen molar-refractivity contribution in [1.82, 2.24) is 5.43 Å². The van der Waals surface area contributed by atoms with Crippen molar-refractivity contribution >= 4 is 35.3 Å². The van der Waals surface area contributed by atoms with Gasteiger partial charge in [-0.05, 0) is 85.8 Å². The van der Waals surface area contributed by atoms with E-state index in [1.807, 2.05) is 52.0 Å². The number of hydrogen-bond acceptors (Lipinski definition) is 6. The van der Waals surface area contributed by atoms with Gasteiger partial charge in [-0.25, -0.2) is 5.43 Å². The van der Waals surface area contributed by atoms with Crippen LogP contribution in [0.25, 0.3) is 0 Å². The van der Waals surface area contributed by atoms with E-state index in [0.29, 0.717) is 22.7 Å². The minimum Gasteiger partial charge on any atom is -0.493 e. The number of carbonyl (C=O) groups is 3. The summed E-state index contributed by atoms with van der Waals surface area (Å²) >= 11 is 0. The van der Waals surface area contributed by atoms with E-state index in [4.69, 9.17) is 9.47 Å². The van der Waals surface area contributed by atoms with Gasteiger partial charge >= 0.3 is 11.8 Å². The first-order chi connectivity index (χ1) is 17.7. The zero-order valence-corrected chi connectivity index (χ0v) is 21.5. The first-order valence-corrected chi connectivity index (χ1v) is 11.6. The van der Waals surface area contributed by atoms with Gasteiger partial charge in [0.1, 0.15) is 0 Å². The topological polar surface area (TPSA) is 118 Å². The summed E-state index contributed by atoms with van der Waals surface area (Å²) in [5, 5.41) is 9.25. The Morgan fingerprint density at radius 1 is 0.838 bits per heavy atom. The Hall–Kier alpha value is -4.66. The number of benzene rings is 3. The second-order valence-corrected chi connectivity index (χ2v) is 8.47. The molecule has 0 saturated heterocycles. The van der Waals surface area contributed by atoms with E-state index >= 15 is 0 Å². The second-order valence-electron chi connectivity index (χ2n) is 8.47. The standard InChI is InChI=1S/C28H30N4O5/c1-17-9-10-19(3)23(13-17)30-26(33)16-37-24-12-11-21(14-25(24)36-5)15-29-32-28(35)27(34)31-22-8-6-7-18(2)20(22)4/h6-15H,16H2,1-5H3,(H,30,33)(H,31,34)(H,32,35)/b29-15-. The summed E-state index contributed by atoms with van der Waals surface area (Å²) in [6, 6.07) is 16.2. The molecule has 0 saturated carbocycles. The number of rotatable bonds is 8. The fourth-order valence-electron chi connectivity index (χ4n) is 3.37. The van der Waals surface area contributed by atoms with Crippen molar-refractivity contribution in [3.05, 3.63) is 82.4 Å². The average molecular weight is 503 g/mol. The maximum Gasteiger partial charge on any atom is 0.329 e. The predicted molar refractivity (Wildman–Crippen MR) is 143 cm³/mol. The molecule has 3 amide bonds. The van der Waals surface area contributed by atoms with Gasteiger partial charge in [0, 0.05) is 11.4 Å². The maximum atomic E-state index is 12.4. The van der Waals surface area contributed by atoms with Gasteiger partial charge in [0.05, 0.1) is 13.3 Å². The number of hydrogen-bond donors (Lipinski definition) is 3. The van der Waals surface area contributed by atoms with Crippen LogP contribution in [0.5, 0.6) is 11.5 Å². The summed E-state index contributed by atoms with van der Waals surface area (Å²) in [4.78, 5) is 36.6. The van der Waals surface area contributed by atoms with Crippen molar-refractivity contribution < 1.29 is 23.9 Å². The Labute approximate surface area is 215 Å².